The molecule has 2 heteroatoms. The quantitative estimate of drug-likeness (QED) is 0.836. The number of nitrogens with one attached hydrogen (secondary N) is 1. The lowest BCUT2D eigenvalue weighted by atomic mass is 9.95. The van der Waals surface area contributed by atoms with Gasteiger partial charge in [-0.15, -0.1) is 0 Å². The number of aryl methyl sites for hydroxylation is 1. The third kappa shape index (κ3) is 2.09. The Bertz CT molecular complexity index is 507. The van der Waals surface area contributed by atoms with Gasteiger partial charge in [0.1, 0.15) is 0 Å². The number of benzene rings is 1. The summed E-state index contributed by atoms with van der Waals surface area (Å²) in [6.45, 7) is 2.38. The molecular formula is C15H20N2. The first-order valence-corrected chi connectivity index (χ1v) is 6.58. The molecule has 1 atom stereocenters. The van der Waals surface area contributed by atoms with Crippen molar-refractivity contribution in [2.45, 2.75) is 19.3 Å². The molecule has 2 heterocycles. The monoisotopic (exact) mass is 228 g/mol. The van der Waals surface area contributed by atoms with Gasteiger partial charge >= 0.3 is 0 Å². The van der Waals surface area contributed by atoms with Crippen molar-refractivity contribution in [3.63, 3.8) is 0 Å². The summed E-state index contributed by atoms with van der Waals surface area (Å²) in [6, 6.07) is 11.0. The van der Waals surface area contributed by atoms with E-state index in [4.69, 9.17) is 0 Å². The molecule has 0 amide bonds. The molecular weight excluding hydrogens is 208 g/mol. The SMILES string of the molecule is Cn1c(CC2CCCNC2)cc2ccccc21. The van der Waals surface area contributed by atoms with Crippen LogP contribution in [0.25, 0.3) is 10.9 Å². The van der Waals surface area contributed by atoms with E-state index in [-0.39, 0.29) is 0 Å². The summed E-state index contributed by atoms with van der Waals surface area (Å²) >= 11 is 0. The standard InChI is InChI=1S/C15H20N2/c1-17-14(9-12-5-4-8-16-11-12)10-13-6-2-3-7-15(13)17/h2-3,6-7,10,12,16H,4-5,8-9,11H2,1H3. The maximum Gasteiger partial charge on any atom is 0.0479 e. The van der Waals surface area contributed by atoms with Crippen LogP contribution >= 0.6 is 0 Å². The van der Waals surface area contributed by atoms with Crippen LogP contribution in [0.5, 0.6) is 0 Å². The minimum Gasteiger partial charge on any atom is -0.348 e. The van der Waals surface area contributed by atoms with Crippen molar-refractivity contribution in [3.8, 4) is 0 Å². The number of hydrogen-bond acceptors (Lipinski definition) is 1. The minimum atomic E-state index is 0.812. The number of aromatic nitrogens is 1. The summed E-state index contributed by atoms with van der Waals surface area (Å²) in [4.78, 5) is 0. The van der Waals surface area contributed by atoms with Gasteiger partial charge in [-0.1, -0.05) is 18.2 Å². The van der Waals surface area contributed by atoms with E-state index in [1.165, 1.54) is 48.9 Å². The fraction of sp³-hybridized carbons (Fsp3) is 0.467. The first kappa shape index (κ1) is 10.8. The van der Waals surface area contributed by atoms with E-state index in [1.54, 1.807) is 0 Å². The van der Waals surface area contributed by atoms with Crippen molar-refractivity contribution in [3.05, 3.63) is 36.0 Å². The summed E-state index contributed by atoms with van der Waals surface area (Å²) in [5, 5.41) is 4.87. The van der Waals surface area contributed by atoms with Gasteiger partial charge in [0.15, 0.2) is 0 Å². The lowest BCUT2D eigenvalue weighted by Crippen LogP contribution is -2.31. The van der Waals surface area contributed by atoms with Gasteiger partial charge in [0.25, 0.3) is 0 Å². The van der Waals surface area contributed by atoms with Gasteiger partial charge in [-0.2, -0.15) is 0 Å². The van der Waals surface area contributed by atoms with E-state index in [0.717, 1.165) is 5.92 Å². The molecule has 1 fully saturated rings. The Balaban J connectivity index is 1.87. The molecule has 0 radical (unpaired) electrons. The Morgan fingerprint density at radius 2 is 2.24 bits per heavy atom. The van der Waals surface area contributed by atoms with Gasteiger partial charge in [-0.05, 0) is 55.8 Å². The minimum absolute atomic E-state index is 0.812. The lowest BCUT2D eigenvalue weighted by Gasteiger charge is -2.22. The van der Waals surface area contributed by atoms with Crippen LogP contribution in [0.15, 0.2) is 30.3 Å². The Morgan fingerprint density at radius 1 is 1.35 bits per heavy atom. The van der Waals surface area contributed by atoms with Gasteiger partial charge in [0.05, 0.1) is 0 Å². The third-order valence-electron chi connectivity index (χ3n) is 3.95. The van der Waals surface area contributed by atoms with Crippen molar-refractivity contribution in [2.75, 3.05) is 13.1 Å². The fourth-order valence-corrected chi connectivity index (χ4v) is 2.94. The summed E-state index contributed by atoms with van der Waals surface area (Å²) in [7, 11) is 2.19. The topological polar surface area (TPSA) is 17.0 Å². The third-order valence-corrected chi connectivity index (χ3v) is 3.95. The first-order chi connectivity index (χ1) is 8.34. The molecule has 0 spiro atoms. The van der Waals surface area contributed by atoms with Crippen LogP contribution < -0.4 is 5.32 Å². The average molecular weight is 228 g/mol. The predicted octanol–water partition coefficient (Wildman–Crippen LogP) is 2.72. The molecule has 2 nitrogen and oxygen atoms in total. The zero-order valence-corrected chi connectivity index (χ0v) is 10.4. The highest BCUT2D eigenvalue weighted by atomic mass is 14.9. The molecule has 3 rings (SSSR count). The molecule has 0 saturated carbocycles. The maximum absolute atomic E-state index is 3.50. The van der Waals surface area contributed by atoms with Crippen LogP contribution in [0, 0.1) is 5.92 Å². The molecule has 90 valence electrons. The zero-order valence-electron chi connectivity index (χ0n) is 10.4. The van der Waals surface area contributed by atoms with E-state index in [1.807, 2.05) is 0 Å². The molecule has 1 aromatic heterocycles. The zero-order chi connectivity index (χ0) is 11.7. The van der Waals surface area contributed by atoms with Crippen molar-refractivity contribution >= 4 is 10.9 Å². The summed E-state index contributed by atoms with van der Waals surface area (Å²) in [6.07, 6.45) is 3.90. The highest BCUT2D eigenvalue weighted by Crippen LogP contribution is 2.22. The van der Waals surface area contributed by atoms with Crippen molar-refractivity contribution in [2.24, 2.45) is 13.0 Å². The number of nitrogens with zero attached hydrogens (tertiary/aromatic N) is 1. The Morgan fingerprint density at radius 3 is 3.00 bits per heavy atom. The van der Waals surface area contributed by atoms with Gasteiger partial charge in [0.2, 0.25) is 0 Å². The van der Waals surface area contributed by atoms with Gasteiger partial charge in [-0.3, -0.25) is 0 Å². The molecule has 1 saturated heterocycles. The van der Waals surface area contributed by atoms with Crippen LogP contribution in [0.1, 0.15) is 18.5 Å². The summed E-state index contributed by atoms with van der Waals surface area (Å²) < 4.78 is 2.35. The molecule has 0 aliphatic carbocycles. The number of hydrogen-bond donors (Lipinski definition) is 1. The average Bonchev–Trinajstić information content (AvgIpc) is 2.68. The van der Waals surface area contributed by atoms with E-state index in [2.05, 4.69) is 47.3 Å². The van der Waals surface area contributed by atoms with E-state index >= 15 is 0 Å². The van der Waals surface area contributed by atoms with Gasteiger partial charge < -0.3 is 9.88 Å². The molecule has 1 aromatic carbocycles. The highest BCUT2D eigenvalue weighted by molar-refractivity contribution is 5.81. The Hall–Kier alpha value is -1.28. The molecule has 1 N–H and O–H groups in total. The van der Waals surface area contributed by atoms with Crippen LogP contribution in [0.4, 0.5) is 0 Å². The van der Waals surface area contributed by atoms with Crippen LogP contribution in [-0.2, 0) is 13.5 Å². The summed E-state index contributed by atoms with van der Waals surface area (Å²) in [5.41, 5.74) is 2.83. The first-order valence-electron chi connectivity index (χ1n) is 6.58. The van der Waals surface area contributed by atoms with E-state index < -0.39 is 0 Å². The van der Waals surface area contributed by atoms with Gasteiger partial charge in [-0.25, -0.2) is 0 Å². The van der Waals surface area contributed by atoms with Crippen LogP contribution in [0.2, 0.25) is 0 Å². The predicted molar refractivity (Wildman–Crippen MR) is 72.2 cm³/mol. The maximum atomic E-state index is 3.50. The molecule has 0 bridgehead atoms. The van der Waals surface area contributed by atoms with E-state index in [0.29, 0.717) is 0 Å². The smallest absolute Gasteiger partial charge is 0.0479 e. The molecule has 17 heavy (non-hydrogen) atoms. The number of para-hydroxylation sites is 1. The largest absolute Gasteiger partial charge is 0.348 e. The van der Waals surface area contributed by atoms with Crippen LogP contribution in [-0.4, -0.2) is 17.7 Å². The number of fused-ring (bicyclic) bond motifs is 1. The summed E-state index contributed by atoms with van der Waals surface area (Å²) in [5.74, 6) is 0.812. The molecule has 1 aliphatic heterocycles. The lowest BCUT2D eigenvalue weighted by molar-refractivity contribution is 0.371. The van der Waals surface area contributed by atoms with E-state index in [9.17, 15) is 0 Å². The normalized spacial score (nSPS) is 20.9. The second kappa shape index (κ2) is 4.53. The molecule has 2 aromatic rings. The van der Waals surface area contributed by atoms with Crippen molar-refractivity contribution in [1.29, 1.82) is 0 Å². The second-order valence-corrected chi connectivity index (χ2v) is 5.17. The fourth-order valence-electron chi connectivity index (χ4n) is 2.94. The number of rotatable bonds is 2. The van der Waals surface area contributed by atoms with Crippen molar-refractivity contribution in [1.82, 2.24) is 9.88 Å². The van der Waals surface area contributed by atoms with Crippen LogP contribution in [0.3, 0.4) is 0 Å². The molecule has 1 unspecified atom stereocenters. The second-order valence-electron chi connectivity index (χ2n) is 5.17. The van der Waals surface area contributed by atoms with Crippen molar-refractivity contribution < 1.29 is 0 Å². The molecule has 1 aliphatic rings. The number of piperidine rings is 1. The Kier molecular flexibility index (Phi) is 2.89. The van der Waals surface area contributed by atoms with Gasteiger partial charge in [0, 0.05) is 18.3 Å². The highest BCUT2D eigenvalue weighted by Gasteiger charge is 2.15. The Labute approximate surface area is 103 Å².